The van der Waals surface area contributed by atoms with Crippen molar-refractivity contribution in [3.63, 3.8) is 0 Å². The van der Waals surface area contributed by atoms with Crippen LogP contribution in [0.3, 0.4) is 0 Å². The monoisotopic (exact) mass is 846 g/mol. The molecule has 328 valence electrons. The average Bonchev–Trinajstić information content (AvgIpc) is 3.61. The molecule has 8 aromatic rings. The number of benzene rings is 6. The molecule has 4 nitrogen and oxygen atoms in total. The van der Waals surface area contributed by atoms with Gasteiger partial charge in [-0.2, -0.15) is 0 Å². The van der Waals surface area contributed by atoms with Gasteiger partial charge in [0, 0.05) is 33.8 Å². The molecule has 0 aliphatic carbocycles. The predicted octanol–water partition coefficient (Wildman–Crippen LogP) is 16.6. The van der Waals surface area contributed by atoms with Crippen molar-refractivity contribution in [3.8, 4) is 56.3 Å². The van der Waals surface area contributed by atoms with Crippen molar-refractivity contribution in [3.05, 3.63) is 155 Å². The van der Waals surface area contributed by atoms with Gasteiger partial charge in [0.15, 0.2) is 0 Å². The molecule has 0 atom stereocenters. The lowest BCUT2D eigenvalue weighted by molar-refractivity contribution is 0.446. The van der Waals surface area contributed by atoms with Crippen molar-refractivity contribution >= 4 is 21.8 Å². The van der Waals surface area contributed by atoms with E-state index in [0.717, 1.165) is 72.3 Å². The normalized spacial score (nSPS) is 12.8. The molecule has 0 spiro atoms. The lowest BCUT2D eigenvalue weighted by Crippen LogP contribution is -2.17. The van der Waals surface area contributed by atoms with Gasteiger partial charge in [-0.1, -0.05) is 170 Å². The minimum absolute atomic E-state index is 0.0693. The molecule has 2 aromatic heterocycles. The summed E-state index contributed by atoms with van der Waals surface area (Å²) in [7, 11) is 0. The molecule has 64 heavy (non-hydrogen) atoms. The molecule has 0 aliphatic heterocycles. The third-order valence-electron chi connectivity index (χ3n) is 13.2. The summed E-state index contributed by atoms with van der Waals surface area (Å²) in [6.45, 7) is 33.7. The number of hydrogen-bond donors (Lipinski definition) is 1. The number of nitrogens with zero attached hydrogens (tertiary/aromatic N) is 3. The molecule has 0 fully saturated rings. The number of aryl methyl sites for hydroxylation is 1. The van der Waals surface area contributed by atoms with E-state index in [1.54, 1.807) is 0 Å². The van der Waals surface area contributed by atoms with Gasteiger partial charge in [0.05, 0.1) is 28.0 Å². The zero-order valence-electron chi connectivity index (χ0n) is 40.9. The quantitative estimate of drug-likeness (QED) is 0.181. The summed E-state index contributed by atoms with van der Waals surface area (Å²) in [5.74, 6) is 1.40. The van der Waals surface area contributed by atoms with Crippen LogP contribution in [0.1, 0.15) is 136 Å². The number of para-hydroxylation sites is 1. The van der Waals surface area contributed by atoms with E-state index < -0.39 is 0 Å². The third kappa shape index (κ3) is 8.17. The zero-order chi connectivity index (χ0) is 46.3. The molecule has 4 heteroatoms. The van der Waals surface area contributed by atoms with Gasteiger partial charge in [-0.15, -0.1) is 0 Å². The maximum Gasteiger partial charge on any atom is 0.149 e. The van der Waals surface area contributed by atoms with E-state index in [1.165, 1.54) is 27.6 Å². The van der Waals surface area contributed by atoms with Gasteiger partial charge >= 0.3 is 0 Å². The van der Waals surface area contributed by atoms with Crippen LogP contribution in [-0.2, 0) is 21.7 Å². The van der Waals surface area contributed by atoms with Crippen LogP contribution in [0.2, 0.25) is 0 Å². The van der Waals surface area contributed by atoms with Crippen LogP contribution in [0.15, 0.2) is 121 Å². The van der Waals surface area contributed by atoms with Gasteiger partial charge in [-0.25, -0.2) is 4.98 Å². The summed E-state index contributed by atoms with van der Waals surface area (Å²) < 4.78 is 2.30. The highest BCUT2D eigenvalue weighted by Crippen LogP contribution is 2.46. The van der Waals surface area contributed by atoms with Crippen molar-refractivity contribution in [2.75, 3.05) is 0 Å². The highest BCUT2D eigenvalue weighted by atomic mass is 16.3. The molecule has 0 unspecified atom stereocenters. The standard InChI is InChI=1S/C60H67N3O/c1-36(2)44-25-26-47-45(37(44)3)28-29-61-53(47)40-30-39(31-42(32-40)58(7,8)9)46-22-19-23-52-54(46)62-56(49-34-43(59(10,11)12)35-50(55(49)64)60(13,14)15)63(52)51-27-24-41(57(4,5)6)33-48(51)38-20-17-16-18-21-38/h16-36,64H,1-15H3. The van der Waals surface area contributed by atoms with E-state index in [9.17, 15) is 5.11 Å². The molecular weight excluding hydrogens is 779 g/mol. The summed E-state index contributed by atoms with van der Waals surface area (Å²) in [5.41, 5.74) is 16.4. The van der Waals surface area contributed by atoms with Crippen molar-refractivity contribution in [1.29, 1.82) is 0 Å². The highest BCUT2D eigenvalue weighted by molar-refractivity contribution is 6.00. The molecule has 0 radical (unpaired) electrons. The topological polar surface area (TPSA) is 50.9 Å². The Bertz CT molecular complexity index is 3060. The molecular formula is C60H67N3O. The molecule has 0 bridgehead atoms. The van der Waals surface area contributed by atoms with Gasteiger partial charge in [0.2, 0.25) is 0 Å². The minimum atomic E-state index is -0.319. The average molecular weight is 846 g/mol. The van der Waals surface area contributed by atoms with Gasteiger partial charge in [0.25, 0.3) is 0 Å². The fourth-order valence-corrected chi connectivity index (χ4v) is 9.24. The van der Waals surface area contributed by atoms with Crippen molar-refractivity contribution < 1.29 is 5.11 Å². The van der Waals surface area contributed by atoms with Gasteiger partial charge < -0.3 is 5.11 Å². The number of hydrogen-bond acceptors (Lipinski definition) is 3. The Morgan fingerprint density at radius 3 is 1.81 bits per heavy atom. The number of aromatic nitrogens is 3. The molecule has 0 saturated carbocycles. The van der Waals surface area contributed by atoms with E-state index in [0.29, 0.717) is 11.7 Å². The number of phenols is 1. The van der Waals surface area contributed by atoms with Gasteiger partial charge in [-0.05, 0) is 121 Å². The summed E-state index contributed by atoms with van der Waals surface area (Å²) in [5, 5.41) is 15.0. The van der Waals surface area contributed by atoms with Crippen LogP contribution in [0, 0.1) is 6.92 Å². The van der Waals surface area contributed by atoms with Gasteiger partial charge in [0.1, 0.15) is 11.6 Å². The number of aromatic hydroxyl groups is 1. The summed E-state index contributed by atoms with van der Waals surface area (Å²) in [6, 6.07) is 42.1. The second-order valence-electron chi connectivity index (χ2n) is 22.5. The summed E-state index contributed by atoms with van der Waals surface area (Å²) in [4.78, 5) is 10.8. The van der Waals surface area contributed by atoms with Crippen LogP contribution in [0.5, 0.6) is 5.75 Å². The summed E-state index contributed by atoms with van der Waals surface area (Å²) >= 11 is 0. The number of fused-ring (bicyclic) bond motifs is 2. The van der Waals surface area contributed by atoms with Crippen molar-refractivity contribution in [2.45, 2.75) is 131 Å². The lowest BCUT2D eigenvalue weighted by atomic mass is 9.79. The van der Waals surface area contributed by atoms with Crippen molar-refractivity contribution in [1.82, 2.24) is 14.5 Å². The molecule has 6 aromatic carbocycles. The third-order valence-corrected chi connectivity index (χ3v) is 13.2. The van der Waals surface area contributed by atoms with Gasteiger partial charge in [-0.3, -0.25) is 9.55 Å². The molecule has 0 aliphatic rings. The highest BCUT2D eigenvalue weighted by Gasteiger charge is 2.30. The van der Waals surface area contributed by atoms with Crippen molar-refractivity contribution in [2.24, 2.45) is 0 Å². The second kappa shape index (κ2) is 15.9. The second-order valence-corrected chi connectivity index (χ2v) is 22.5. The molecule has 2 heterocycles. The Labute approximate surface area is 382 Å². The van der Waals surface area contributed by atoms with E-state index in [4.69, 9.17) is 9.97 Å². The first-order chi connectivity index (χ1) is 29.9. The van der Waals surface area contributed by atoms with E-state index in [2.05, 4.69) is 224 Å². The van der Waals surface area contributed by atoms with Crippen LogP contribution in [0.25, 0.3) is 72.4 Å². The largest absolute Gasteiger partial charge is 0.507 e. The SMILES string of the molecule is Cc1c(C(C)C)ccc2c(-c3cc(-c4cccc5c4nc(-c4cc(C(C)(C)C)cc(C(C)(C)C)c4O)n5-c4ccc(C(C)(C)C)cc4-c4ccccc4)cc(C(C)(C)C)c3)nccc12. The van der Waals surface area contributed by atoms with Crippen LogP contribution in [0.4, 0.5) is 0 Å². The minimum Gasteiger partial charge on any atom is -0.507 e. The van der Waals surface area contributed by atoms with Crippen LogP contribution in [-0.4, -0.2) is 19.6 Å². The Hall–Kier alpha value is -6.00. The number of phenolic OH excluding ortho intramolecular Hbond substituents is 1. The first-order valence-corrected chi connectivity index (χ1v) is 23.1. The van der Waals surface area contributed by atoms with E-state index >= 15 is 0 Å². The smallest absolute Gasteiger partial charge is 0.149 e. The first-order valence-electron chi connectivity index (χ1n) is 23.1. The molecule has 1 N–H and O–H groups in total. The fraction of sp³-hybridized carbons (Fsp3) is 0.333. The Morgan fingerprint density at radius 2 is 1.17 bits per heavy atom. The summed E-state index contributed by atoms with van der Waals surface area (Å²) in [6.07, 6.45) is 1.96. The van der Waals surface area contributed by atoms with Crippen LogP contribution < -0.4 is 0 Å². The molecule has 0 saturated heterocycles. The first kappa shape index (κ1) is 44.6. The Kier molecular flexibility index (Phi) is 11.1. The van der Waals surface area contributed by atoms with E-state index in [-0.39, 0.29) is 27.4 Å². The Balaban J connectivity index is 1.49. The molecule has 0 amide bonds. The predicted molar refractivity (Wildman–Crippen MR) is 273 cm³/mol. The Morgan fingerprint density at radius 1 is 0.531 bits per heavy atom. The maximum atomic E-state index is 12.6. The number of pyridine rings is 1. The zero-order valence-corrected chi connectivity index (χ0v) is 40.9. The fourth-order valence-electron chi connectivity index (χ4n) is 9.24. The number of rotatable bonds is 6. The van der Waals surface area contributed by atoms with E-state index in [1.807, 2.05) is 6.20 Å². The van der Waals surface area contributed by atoms with Crippen LogP contribution >= 0.6 is 0 Å². The number of imidazole rings is 1. The maximum absolute atomic E-state index is 12.6. The molecule has 8 rings (SSSR count). The lowest BCUT2D eigenvalue weighted by Gasteiger charge is -2.28.